The third-order valence-electron chi connectivity index (χ3n) is 3.42. The lowest BCUT2D eigenvalue weighted by atomic mass is 10.1. The molecular formula is C16H24N2O3. The molecule has 0 aliphatic heterocycles. The molecule has 1 atom stereocenters. The minimum atomic E-state index is -0.730. The summed E-state index contributed by atoms with van der Waals surface area (Å²) in [5.41, 5.74) is 6.84. The van der Waals surface area contributed by atoms with E-state index in [2.05, 4.69) is 4.74 Å². The standard InChI is InChI=1S/C16H24N2O3/c1-3-18(12-11-13-7-5-4-6-8-13)15(19)10-9-14(17)16(20)21-2/h4-8,14H,3,9-12,17H2,1-2H3. The molecule has 1 aromatic carbocycles. The largest absolute Gasteiger partial charge is 0.468 e. The lowest BCUT2D eigenvalue weighted by Crippen LogP contribution is -2.36. The highest BCUT2D eigenvalue weighted by molar-refractivity contribution is 5.79. The molecule has 0 heterocycles. The van der Waals surface area contributed by atoms with Crippen molar-refractivity contribution < 1.29 is 14.3 Å². The summed E-state index contributed by atoms with van der Waals surface area (Å²) in [5.74, 6) is -0.456. The average Bonchev–Trinajstić information content (AvgIpc) is 2.53. The third kappa shape index (κ3) is 5.95. The van der Waals surface area contributed by atoms with Gasteiger partial charge in [0.25, 0.3) is 0 Å². The van der Waals surface area contributed by atoms with Crippen LogP contribution in [0, 0.1) is 0 Å². The summed E-state index contributed by atoms with van der Waals surface area (Å²) in [7, 11) is 1.29. The zero-order valence-corrected chi connectivity index (χ0v) is 12.7. The van der Waals surface area contributed by atoms with Crippen LogP contribution in [0.1, 0.15) is 25.3 Å². The molecule has 0 aliphatic rings. The SMILES string of the molecule is CCN(CCc1ccccc1)C(=O)CCC(N)C(=O)OC. The molecule has 5 nitrogen and oxygen atoms in total. The van der Waals surface area contributed by atoms with Gasteiger partial charge in [0, 0.05) is 19.5 Å². The number of likely N-dealkylation sites (N-methyl/N-ethyl adjacent to an activating group) is 1. The molecule has 1 rings (SSSR count). The van der Waals surface area contributed by atoms with Gasteiger partial charge in [0.15, 0.2) is 0 Å². The summed E-state index contributed by atoms with van der Waals surface area (Å²) < 4.78 is 4.55. The van der Waals surface area contributed by atoms with Crippen LogP contribution < -0.4 is 5.73 Å². The van der Waals surface area contributed by atoms with Crippen molar-refractivity contribution in [3.63, 3.8) is 0 Å². The first-order chi connectivity index (χ1) is 10.1. The maximum Gasteiger partial charge on any atom is 0.322 e. The van der Waals surface area contributed by atoms with Gasteiger partial charge < -0.3 is 15.4 Å². The summed E-state index contributed by atoms with van der Waals surface area (Å²) in [6, 6.07) is 9.31. The van der Waals surface area contributed by atoms with Gasteiger partial charge in [0.2, 0.25) is 5.91 Å². The summed E-state index contributed by atoms with van der Waals surface area (Å²) in [4.78, 5) is 25.1. The van der Waals surface area contributed by atoms with E-state index in [4.69, 9.17) is 5.73 Å². The first-order valence-corrected chi connectivity index (χ1v) is 7.23. The maximum absolute atomic E-state index is 12.1. The highest BCUT2D eigenvalue weighted by Crippen LogP contribution is 2.05. The maximum atomic E-state index is 12.1. The summed E-state index contributed by atoms with van der Waals surface area (Å²) in [6.07, 6.45) is 1.40. The molecule has 1 amide bonds. The van der Waals surface area contributed by atoms with Crippen molar-refractivity contribution in [3.05, 3.63) is 35.9 Å². The van der Waals surface area contributed by atoms with Gasteiger partial charge in [-0.25, -0.2) is 0 Å². The fourth-order valence-electron chi connectivity index (χ4n) is 2.07. The van der Waals surface area contributed by atoms with Crippen molar-refractivity contribution in [2.45, 2.75) is 32.2 Å². The van der Waals surface area contributed by atoms with Crippen LogP contribution in [0.3, 0.4) is 0 Å². The lowest BCUT2D eigenvalue weighted by molar-refractivity contribution is -0.142. The smallest absolute Gasteiger partial charge is 0.322 e. The van der Waals surface area contributed by atoms with E-state index in [1.807, 2.05) is 37.3 Å². The number of hydrogen-bond acceptors (Lipinski definition) is 4. The molecule has 0 saturated heterocycles. The summed E-state index contributed by atoms with van der Waals surface area (Å²) >= 11 is 0. The second-order valence-electron chi connectivity index (χ2n) is 4.88. The monoisotopic (exact) mass is 292 g/mol. The fourth-order valence-corrected chi connectivity index (χ4v) is 2.07. The van der Waals surface area contributed by atoms with Crippen LogP contribution in [0.5, 0.6) is 0 Å². The number of carbonyl (C=O) groups is 2. The van der Waals surface area contributed by atoms with Gasteiger partial charge in [-0.2, -0.15) is 0 Å². The number of methoxy groups -OCH3 is 1. The van der Waals surface area contributed by atoms with E-state index in [9.17, 15) is 9.59 Å². The van der Waals surface area contributed by atoms with E-state index in [1.165, 1.54) is 12.7 Å². The molecule has 0 fully saturated rings. The second kappa shape index (κ2) is 9.13. The second-order valence-corrected chi connectivity index (χ2v) is 4.88. The summed E-state index contributed by atoms with van der Waals surface area (Å²) in [5, 5.41) is 0. The molecule has 0 radical (unpaired) electrons. The van der Waals surface area contributed by atoms with Crippen molar-refractivity contribution in [1.82, 2.24) is 4.90 Å². The summed E-state index contributed by atoms with van der Waals surface area (Å²) in [6.45, 7) is 3.27. The van der Waals surface area contributed by atoms with Crippen molar-refractivity contribution in [3.8, 4) is 0 Å². The van der Waals surface area contributed by atoms with Gasteiger partial charge in [0.05, 0.1) is 7.11 Å². The van der Waals surface area contributed by atoms with Crippen LogP contribution in [0.25, 0.3) is 0 Å². The fraction of sp³-hybridized carbons (Fsp3) is 0.500. The Morgan fingerprint density at radius 3 is 2.52 bits per heavy atom. The number of benzene rings is 1. The number of nitrogens with zero attached hydrogens (tertiary/aromatic N) is 1. The first kappa shape index (κ1) is 17.2. The Morgan fingerprint density at radius 1 is 1.29 bits per heavy atom. The van der Waals surface area contributed by atoms with Crippen molar-refractivity contribution in [1.29, 1.82) is 0 Å². The number of nitrogens with two attached hydrogens (primary N) is 1. The minimum Gasteiger partial charge on any atom is -0.468 e. The predicted molar refractivity (Wildman–Crippen MR) is 81.6 cm³/mol. The van der Waals surface area contributed by atoms with Crippen LogP contribution in [-0.2, 0) is 20.7 Å². The van der Waals surface area contributed by atoms with Crippen LogP contribution >= 0.6 is 0 Å². The van der Waals surface area contributed by atoms with Crippen LogP contribution in [0.15, 0.2) is 30.3 Å². The molecule has 21 heavy (non-hydrogen) atoms. The normalized spacial score (nSPS) is 11.8. The van der Waals surface area contributed by atoms with Gasteiger partial charge in [-0.1, -0.05) is 30.3 Å². The first-order valence-electron chi connectivity index (χ1n) is 7.23. The third-order valence-corrected chi connectivity index (χ3v) is 3.42. The topological polar surface area (TPSA) is 72.6 Å². The number of hydrogen-bond donors (Lipinski definition) is 1. The Hall–Kier alpha value is -1.88. The quantitative estimate of drug-likeness (QED) is 0.734. The predicted octanol–water partition coefficient (Wildman–Crippen LogP) is 1.36. The van der Waals surface area contributed by atoms with E-state index in [0.29, 0.717) is 19.5 Å². The van der Waals surface area contributed by atoms with Gasteiger partial charge in [-0.05, 0) is 25.3 Å². The van der Waals surface area contributed by atoms with Crippen molar-refractivity contribution in [2.24, 2.45) is 5.73 Å². The average molecular weight is 292 g/mol. The number of ether oxygens (including phenoxy) is 1. The highest BCUT2D eigenvalue weighted by atomic mass is 16.5. The zero-order chi connectivity index (χ0) is 15.7. The Kier molecular flexibility index (Phi) is 7.46. The number of carbonyl (C=O) groups excluding carboxylic acids is 2. The van der Waals surface area contributed by atoms with E-state index in [1.54, 1.807) is 4.90 Å². The van der Waals surface area contributed by atoms with E-state index < -0.39 is 12.0 Å². The van der Waals surface area contributed by atoms with E-state index in [0.717, 1.165) is 6.42 Å². The number of amides is 1. The molecule has 0 aromatic heterocycles. The molecule has 0 bridgehead atoms. The molecule has 0 aliphatic carbocycles. The Balaban J connectivity index is 2.41. The molecule has 2 N–H and O–H groups in total. The van der Waals surface area contributed by atoms with Crippen molar-refractivity contribution in [2.75, 3.05) is 20.2 Å². The zero-order valence-electron chi connectivity index (χ0n) is 12.7. The number of esters is 1. The van der Waals surface area contributed by atoms with Crippen LogP contribution in [0.2, 0.25) is 0 Å². The molecule has 0 spiro atoms. The van der Waals surface area contributed by atoms with Gasteiger partial charge >= 0.3 is 5.97 Å². The van der Waals surface area contributed by atoms with Crippen LogP contribution in [0.4, 0.5) is 0 Å². The minimum absolute atomic E-state index is 0.0211. The molecular weight excluding hydrogens is 268 g/mol. The van der Waals surface area contributed by atoms with Gasteiger partial charge in [-0.3, -0.25) is 9.59 Å². The van der Waals surface area contributed by atoms with E-state index >= 15 is 0 Å². The molecule has 5 heteroatoms. The highest BCUT2D eigenvalue weighted by Gasteiger charge is 2.18. The molecule has 116 valence electrons. The Labute approximate surface area is 126 Å². The molecule has 0 saturated carbocycles. The molecule has 1 aromatic rings. The van der Waals surface area contributed by atoms with E-state index in [-0.39, 0.29) is 12.3 Å². The van der Waals surface area contributed by atoms with Crippen molar-refractivity contribution >= 4 is 11.9 Å². The molecule has 1 unspecified atom stereocenters. The Bertz CT molecular complexity index is 448. The van der Waals surface area contributed by atoms with Crippen LogP contribution in [-0.4, -0.2) is 43.0 Å². The lowest BCUT2D eigenvalue weighted by Gasteiger charge is -2.21. The van der Waals surface area contributed by atoms with Gasteiger partial charge in [-0.15, -0.1) is 0 Å². The number of rotatable bonds is 8. The Morgan fingerprint density at radius 2 is 1.95 bits per heavy atom. The van der Waals surface area contributed by atoms with Gasteiger partial charge in [0.1, 0.15) is 6.04 Å².